The van der Waals surface area contributed by atoms with Crippen LogP contribution in [0.2, 0.25) is 0 Å². The molecule has 1 atom stereocenters. The van der Waals surface area contributed by atoms with Crippen molar-refractivity contribution in [3.8, 4) is 0 Å². The largest absolute Gasteiger partial charge is 0.462 e. The van der Waals surface area contributed by atoms with Crippen molar-refractivity contribution in [1.29, 1.82) is 0 Å². The van der Waals surface area contributed by atoms with Gasteiger partial charge < -0.3 is 14.2 Å². The predicted molar refractivity (Wildman–Crippen MR) is 220 cm³/mol. The van der Waals surface area contributed by atoms with Crippen LogP contribution in [0.15, 0.2) is 0 Å². The first-order chi connectivity index (χ1) is 25.4. The Morgan fingerprint density at radius 3 is 0.942 bits per heavy atom. The Balaban J connectivity index is 4.27. The molecule has 0 saturated heterocycles. The van der Waals surface area contributed by atoms with E-state index in [0.29, 0.717) is 19.3 Å². The number of hydrogen-bond donors (Lipinski definition) is 0. The quantitative estimate of drug-likeness (QED) is 0.0353. The van der Waals surface area contributed by atoms with Crippen molar-refractivity contribution in [3.05, 3.63) is 0 Å². The molecule has 0 aliphatic rings. The zero-order valence-corrected chi connectivity index (χ0v) is 35.3. The van der Waals surface area contributed by atoms with Crippen LogP contribution >= 0.6 is 0 Å². The molecule has 0 aliphatic carbocycles. The lowest BCUT2D eigenvalue weighted by molar-refractivity contribution is -0.167. The SMILES string of the molecule is CCCCCCCCCCCCCCCCCC(=O)OC[C@@H](COC(=O)CCCCCCCCCCCC)OC(=O)CCCCCCCCC(C)C. The second-order valence-corrected chi connectivity index (χ2v) is 16.2. The van der Waals surface area contributed by atoms with Crippen LogP contribution in [-0.4, -0.2) is 37.2 Å². The van der Waals surface area contributed by atoms with Crippen molar-refractivity contribution in [2.75, 3.05) is 13.2 Å². The van der Waals surface area contributed by atoms with E-state index < -0.39 is 6.10 Å². The lowest BCUT2D eigenvalue weighted by atomic mass is 10.0. The Morgan fingerprint density at radius 2 is 0.635 bits per heavy atom. The van der Waals surface area contributed by atoms with Crippen LogP contribution in [-0.2, 0) is 28.6 Å². The summed E-state index contributed by atoms with van der Waals surface area (Å²) in [7, 11) is 0. The summed E-state index contributed by atoms with van der Waals surface area (Å²) in [6.07, 6.45) is 39.6. The molecule has 0 spiro atoms. The van der Waals surface area contributed by atoms with E-state index >= 15 is 0 Å². The number of hydrogen-bond acceptors (Lipinski definition) is 6. The third-order valence-corrected chi connectivity index (χ3v) is 10.3. The van der Waals surface area contributed by atoms with Crippen LogP contribution in [0.5, 0.6) is 0 Å². The monoisotopic (exact) mass is 737 g/mol. The highest BCUT2D eigenvalue weighted by molar-refractivity contribution is 5.71. The average Bonchev–Trinajstić information content (AvgIpc) is 3.12. The summed E-state index contributed by atoms with van der Waals surface area (Å²) in [4.78, 5) is 37.6. The Labute approximate surface area is 323 Å². The second-order valence-electron chi connectivity index (χ2n) is 16.2. The van der Waals surface area contributed by atoms with E-state index in [0.717, 1.165) is 63.7 Å². The first-order valence-corrected chi connectivity index (χ1v) is 22.9. The van der Waals surface area contributed by atoms with Crippen molar-refractivity contribution in [3.63, 3.8) is 0 Å². The molecule has 52 heavy (non-hydrogen) atoms. The number of carbonyl (C=O) groups is 3. The molecule has 0 saturated carbocycles. The van der Waals surface area contributed by atoms with Crippen LogP contribution in [0.25, 0.3) is 0 Å². The van der Waals surface area contributed by atoms with Crippen molar-refractivity contribution in [1.82, 2.24) is 0 Å². The molecule has 6 heteroatoms. The van der Waals surface area contributed by atoms with Gasteiger partial charge in [-0.1, -0.05) is 214 Å². The van der Waals surface area contributed by atoms with Gasteiger partial charge in [-0.25, -0.2) is 0 Å². The summed E-state index contributed by atoms with van der Waals surface area (Å²) >= 11 is 0. The van der Waals surface area contributed by atoms with Gasteiger partial charge in [0.15, 0.2) is 6.10 Å². The van der Waals surface area contributed by atoms with Gasteiger partial charge in [-0.05, 0) is 25.2 Å². The van der Waals surface area contributed by atoms with E-state index in [1.54, 1.807) is 0 Å². The Hall–Kier alpha value is -1.59. The number of ether oxygens (including phenoxy) is 3. The molecule has 0 unspecified atom stereocenters. The fourth-order valence-electron chi connectivity index (χ4n) is 6.80. The number of carbonyl (C=O) groups excluding carboxylic acids is 3. The van der Waals surface area contributed by atoms with Gasteiger partial charge in [0, 0.05) is 19.3 Å². The van der Waals surface area contributed by atoms with Gasteiger partial charge in [0.25, 0.3) is 0 Å². The zero-order valence-electron chi connectivity index (χ0n) is 35.3. The summed E-state index contributed by atoms with van der Waals surface area (Å²) in [5.74, 6) is -0.101. The van der Waals surface area contributed by atoms with Gasteiger partial charge in [-0.3, -0.25) is 14.4 Å². The fraction of sp³-hybridized carbons (Fsp3) is 0.935. The van der Waals surface area contributed by atoms with Gasteiger partial charge in [0.2, 0.25) is 0 Å². The highest BCUT2D eigenvalue weighted by Gasteiger charge is 2.19. The van der Waals surface area contributed by atoms with Crippen LogP contribution in [0.4, 0.5) is 0 Å². The molecule has 0 N–H and O–H groups in total. The molecule has 0 aromatic rings. The molecule has 0 heterocycles. The maximum Gasteiger partial charge on any atom is 0.306 e. The van der Waals surface area contributed by atoms with Crippen molar-refractivity contribution >= 4 is 17.9 Å². The van der Waals surface area contributed by atoms with E-state index in [9.17, 15) is 14.4 Å². The minimum absolute atomic E-state index is 0.0648. The minimum Gasteiger partial charge on any atom is -0.462 e. The van der Waals surface area contributed by atoms with Crippen LogP contribution in [0.3, 0.4) is 0 Å². The maximum atomic E-state index is 12.6. The van der Waals surface area contributed by atoms with Crippen molar-refractivity contribution in [2.24, 2.45) is 5.92 Å². The van der Waals surface area contributed by atoms with Gasteiger partial charge >= 0.3 is 17.9 Å². The molecule has 0 rings (SSSR count). The van der Waals surface area contributed by atoms with Crippen LogP contribution in [0.1, 0.15) is 252 Å². The Bertz CT molecular complexity index is 781. The molecule has 6 nitrogen and oxygen atoms in total. The Kier molecular flexibility index (Phi) is 39.4. The smallest absolute Gasteiger partial charge is 0.306 e. The molecule has 0 aliphatic heterocycles. The molecule has 308 valence electrons. The molecule has 0 bridgehead atoms. The summed E-state index contributed by atoms with van der Waals surface area (Å²) < 4.78 is 16.7. The van der Waals surface area contributed by atoms with E-state index in [1.807, 2.05) is 0 Å². The minimum atomic E-state index is -0.759. The first-order valence-electron chi connectivity index (χ1n) is 22.9. The molecule has 0 aromatic heterocycles. The first kappa shape index (κ1) is 50.4. The Morgan fingerprint density at radius 1 is 0.365 bits per heavy atom. The van der Waals surface area contributed by atoms with Gasteiger partial charge in [0.1, 0.15) is 13.2 Å². The third kappa shape index (κ3) is 39.6. The molecule has 0 fully saturated rings. The molecule has 0 radical (unpaired) electrons. The van der Waals surface area contributed by atoms with Crippen LogP contribution < -0.4 is 0 Å². The molecular weight excluding hydrogens is 648 g/mol. The fourth-order valence-corrected chi connectivity index (χ4v) is 6.80. The lowest BCUT2D eigenvalue weighted by Gasteiger charge is -2.18. The van der Waals surface area contributed by atoms with E-state index in [-0.39, 0.29) is 31.1 Å². The van der Waals surface area contributed by atoms with E-state index in [1.165, 1.54) is 148 Å². The summed E-state index contributed by atoms with van der Waals surface area (Å²) in [5.41, 5.74) is 0. The predicted octanol–water partition coefficient (Wildman–Crippen LogP) is 14.3. The lowest BCUT2D eigenvalue weighted by Crippen LogP contribution is -2.30. The van der Waals surface area contributed by atoms with E-state index in [2.05, 4.69) is 27.7 Å². The third-order valence-electron chi connectivity index (χ3n) is 10.3. The highest BCUT2D eigenvalue weighted by Crippen LogP contribution is 2.16. The number of unbranched alkanes of at least 4 members (excludes halogenated alkanes) is 28. The van der Waals surface area contributed by atoms with Gasteiger partial charge in [0.05, 0.1) is 0 Å². The second kappa shape index (κ2) is 40.6. The summed E-state index contributed by atoms with van der Waals surface area (Å²) in [6, 6.07) is 0. The molecule has 0 aromatic carbocycles. The van der Waals surface area contributed by atoms with Crippen molar-refractivity contribution < 1.29 is 28.6 Å². The van der Waals surface area contributed by atoms with Crippen LogP contribution in [0, 0.1) is 5.92 Å². The molecular formula is C46H88O6. The molecule has 0 amide bonds. The standard InChI is InChI=1S/C46H88O6/c1-5-7-9-11-13-15-17-18-19-20-21-23-25-30-34-38-45(48)51-41-43(52-46(49)39-35-31-27-26-28-32-36-42(3)4)40-50-44(47)37-33-29-24-22-16-14-12-10-8-6-2/h42-43H,5-41H2,1-4H3/t43-/m1/s1. The van der Waals surface area contributed by atoms with Gasteiger partial charge in [-0.2, -0.15) is 0 Å². The summed E-state index contributed by atoms with van der Waals surface area (Å²) in [6.45, 7) is 8.92. The maximum absolute atomic E-state index is 12.6. The zero-order chi connectivity index (χ0) is 38.2. The normalized spacial score (nSPS) is 11.9. The number of esters is 3. The topological polar surface area (TPSA) is 78.9 Å². The number of rotatable bonds is 41. The van der Waals surface area contributed by atoms with Gasteiger partial charge in [-0.15, -0.1) is 0 Å². The van der Waals surface area contributed by atoms with Crippen molar-refractivity contribution in [2.45, 2.75) is 259 Å². The average molecular weight is 737 g/mol. The summed E-state index contributed by atoms with van der Waals surface area (Å²) in [5, 5.41) is 0. The highest BCUT2D eigenvalue weighted by atomic mass is 16.6. The van der Waals surface area contributed by atoms with E-state index in [4.69, 9.17) is 14.2 Å².